The molecule has 1 saturated heterocycles. The van der Waals surface area contributed by atoms with E-state index >= 15 is 0 Å². The Bertz CT molecular complexity index is 185. The van der Waals surface area contributed by atoms with Crippen molar-refractivity contribution < 1.29 is 9.53 Å². The van der Waals surface area contributed by atoms with Crippen LogP contribution in [0.25, 0.3) is 0 Å². The molecule has 1 heterocycles. The Morgan fingerprint density at radius 3 is 2.55 bits per heavy atom. The molecule has 3 heteroatoms. The molecule has 1 unspecified atom stereocenters. The third kappa shape index (κ3) is 1.00. The predicted molar refractivity (Wildman–Crippen MR) is 41.8 cm³/mol. The first-order valence-electron chi connectivity index (χ1n) is 3.99. The van der Waals surface area contributed by atoms with E-state index in [1.165, 1.54) is 0 Å². The number of hydrogen-bond acceptors (Lipinski definition) is 2. The van der Waals surface area contributed by atoms with Crippen LogP contribution >= 0.6 is 11.6 Å². The number of halogens is 1. The highest BCUT2D eigenvalue weighted by Crippen LogP contribution is 2.49. The molecule has 0 bridgehead atoms. The van der Waals surface area contributed by atoms with Crippen molar-refractivity contribution in [3.8, 4) is 0 Å². The number of rotatable bonds is 0. The monoisotopic (exact) mass is 174 g/mol. The summed E-state index contributed by atoms with van der Waals surface area (Å²) in [4.78, 5) is 10.9. The summed E-state index contributed by atoms with van der Waals surface area (Å²) >= 11 is 5.93. The van der Waals surface area contributed by atoms with Crippen LogP contribution < -0.4 is 0 Å². The highest BCUT2D eigenvalue weighted by molar-refractivity contribution is 6.34. The quantitative estimate of drug-likeness (QED) is 0.519. The molecule has 0 aromatic carbocycles. The Hall–Kier alpha value is -0.0800. The first-order chi connectivity index (χ1) is 5.25. The average molecular weight is 175 g/mol. The van der Waals surface area contributed by atoms with E-state index in [0.717, 1.165) is 26.1 Å². The largest absolute Gasteiger partial charge is 0.381 e. The molecule has 0 radical (unpaired) electrons. The van der Waals surface area contributed by atoms with Gasteiger partial charge in [-0.05, 0) is 12.8 Å². The molecule has 1 spiro atoms. The van der Waals surface area contributed by atoms with Crippen LogP contribution in [0.2, 0.25) is 0 Å². The van der Waals surface area contributed by atoms with Gasteiger partial charge in [-0.15, -0.1) is 11.6 Å². The third-order valence-electron chi connectivity index (χ3n) is 2.84. The summed E-state index contributed by atoms with van der Waals surface area (Å²) in [6.07, 6.45) is 2.62. The molecule has 11 heavy (non-hydrogen) atoms. The highest BCUT2D eigenvalue weighted by atomic mass is 35.5. The second-order valence-electron chi connectivity index (χ2n) is 3.48. The second-order valence-corrected chi connectivity index (χ2v) is 3.92. The predicted octanol–water partition coefficient (Wildman–Crippen LogP) is 1.36. The zero-order valence-corrected chi connectivity index (χ0v) is 7.06. The Labute approximate surface area is 70.9 Å². The van der Waals surface area contributed by atoms with Crippen molar-refractivity contribution in [3.63, 3.8) is 0 Å². The summed E-state index contributed by atoms with van der Waals surface area (Å²) < 4.78 is 5.21. The van der Waals surface area contributed by atoms with Crippen molar-refractivity contribution in [3.05, 3.63) is 0 Å². The SMILES string of the molecule is O=C1CC2(CCOCC2)C1Cl. The van der Waals surface area contributed by atoms with Gasteiger partial charge in [0.1, 0.15) is 0 Å². The van der Waals surface area contributed by atoms with Gasteiger partial charge in [-0.2, -0.15) is 0 Å². The summed E-state index contributed by atoms with van der Waals surface area (Å²) in [5.74, 6) is 0.216. The summed E-state index contributed by atoms with van der Waals surface area (Å²) in [5, 5.41) is -0.216. The van der Waals surface area contributed by atoms with Gasteiger partial charge in [0, 0.05) is 25.0 Å². The average Bonchev–Trinajstić information content (AvgIpc) is 2.06. The van der Waals surface area contributed by atoms with E-state index in [1.807, 2.05) is 0 Å². The normalized spacial score (nSPS) is 35.4. The number of Topliss-reactive ketones (excluding diaryl/α,β-unsaturated/α-hetero) is 1. The Morgan fingerprint density at radius 1 is 1.45 bits per heavy atom. The fraction of sp³-hybridized carbons (Fsp3) is 0.875. The van der Waals surface area contributed by atoms with Crippen molar-refractivity contribution in [2.75, 3.05) is 13.2 Å². The van der Waals surface area contributed by atoms with Gasteiger partial charge in [0.05, 0.1) is 5.38 Å². The Morgan fingerprint density at radius 2 is 2.09 bits per heavy atom. The van der Waals surface area contributed by atoms with Gasteiger partial charge < -0.3 is 4.74 Å². The maximum Gasteiger partial charge on any atom is 0.151 e. The molecule has 62 valence electrons. The zero-order valence-electron chi connectivity index (χ0n) is 6.31. The maximum absolute atomic E-state index is 10.9. The smallest absolute Gasteiger partial charge is 0.151 e. The third-order valence-corrected chi connectivity index (χ3v) is 3.54. The number of alkyl halides is 1. The fourth-order valence-corrected chi connectivity index (χ4v) is 2.32. The first-order valence-corrected chi connectivity index (χ1v) is 4.43. The van der Waals surface area contributed by atoms with Gasteiger partial charge in [-0.25, -0.2) is 0 Å². The number of carbonyl (C=O) groups is 1. The number of ether oxygens (including phenoxy) is 1. The number of carbonyl (C=O) groups excluding carboxylic acids is 1. The van der Waals surface area contributed by atoms with Crippen molar-refractivity contribution in [1.29, 1.82) is 0 Å². The maximum atomic E-state index is 10.9. The highest BCUT2D eigenvalue weighted by Gasteiger charge is 2.52. The second kappa shape index (κ2) is 2.46. The van der Waals surface area contributed by atoms with Crippen LogP contribution in [-0.2, 0) is 9.53 Å². The van der Waals surface area contributed by atoms with Crippen LogP contribution in [0.4, 0.5) is 0 Å². The van der Waals surface area contributed by atoms with Crippen LogP contribution in [0.15, 0.2) is 0 Å². The van der Waals surface area contributed by atoms with Crippen molar-refractivity contribution in [2.45, 2.75) is 24.6 Å². The number of ketones is 1. The van der Waals surface area contributed by atoms with E-state index in [-0.39, 0.29) is 16.6 Å². The lowest BCUT2D eigenvalue weighted by molar-refractivity contribution is -0.137. The van der Waals surface area contributed by atoms with Crippen LogP contribution in [0.3, 0.4) is 0 Å². The molecular weight excluding hydrogens is 164 g/mol. The lowest BCUT2D eigenvalue weighted by Crippen LogP contribution is -2.52. The molecule has 2 aliphatic rings. The summed E-state index contributed by atoms with van der Waals surface area (Å²) in [5.41, 5.74) is 0.122. The van der Waals surface area contributed by atoms with Crippen molar-refractivity contribution in [2.24, 2.45) is 5.41 Å². The molecule has 0 amide bonds. The molecule has 2 fully saturated rings. The van der Waals surface area contributed by atoms with E-state index in [0.29, 0.717) is 6.42 Å². The minimum atomic E-state index is -0.216. The minimum Gasteiger partial charge on any atom is -0.381 e. The van der Waals surface area contributed by atoms with Crippen LogP contribution in [-0.4, -0.2) is 24.4 Å². The molecule has 2 nitrogen and oxygen atoms in total. The molecule has 1 saturated carbocycles. The van der Waals surface area contributed by atoms with Crippen LogP contribution in [0.1, 0.15) is 19.3 Å². The Balaban J connectivity index is 2.05. The topological polar surface area (TPSA) is 26.3 Å². The van der Waals surface area contributed by atoms with E-state index < -0.39 is 0 Å². The summed E-state index contributed by atoms with van der Waals surface area (Å²) in [6, 6.07) is 0. The van der Waals surface area contributed by atoms with E-state index in [4.69, 9.17) is 16.3 Å². The van der Waals surface area contributed by atoms with Crippen LogP contribution in [0, 0.1) is 5.41 Å². The summed E-state index contributed by atoms with van der Waals surface area (Å²) in [6.45, 7) is 1.55. The lowest BCUT2D eigenvalue weighted by Gasteiger charge is -2.47. The Kier molecular flexibility index (Phi) is 1.69. The van der Waals surface area contributed by atoms with E-state index in [2.05, 4.69) is 0 Å². The molecule has 1 aliphatic heterocycles. The molecule has 0 N–H and O–H groups in total. The number of hydrogen-bond donors (Lipinski definition) is 0. The fourth-order valence-electron chi connectivity index (χ4n) is 1.94. The molecule has 0 aromatic rings. The van der Waals surface area contributed by atoms with Crippen molar-refractivity contribution in [1.82, 2.24) is 0 Å². The first kappa shape index (κ1) is 7.56. The van der Waals surface area contributed by atoms with Gasteiger partial charge >= 0.3 is 0 Å². The standard InChI is InChI=1S/C8H11ClO2/c9-7-6(10)5-8(7)1-3-11-4-2-8/h7H,1-5H2. The molecular formula is C8H11ClO2. The van der Waals surface area contributed by atoms with Crippen molar-refractivity contribution >= 4 is 17.4 Å². The van der Waals surface area contributed by atoms with E-state index in [9.17, 15) is 4.79 Å². The van der Waals surface area contributed by atoms with Gasteiger partial charge in [0.2, 0.25) is 0 Å². The van der Waals surface area contributed by atoms with Gasteiger partial charge in [0.15, 0.2) is 5.78 Å². The molecule has 1 aliphatic carbocycles. The molecule has 0 aromatic heterocycles. The molecule has 1 atom stereocenters. The minimum absolute atomic E-state index is 0.122. The van der Waals surface area contributed by atoms with Gasteiger partial charge in [-0.1, -0.05) is 0 Å². The summed E-state index contributed by atoms with van der Waals surface area (Å²) in [7, 11) is 0. The van der Waals surface area contributed by atoms with E-state index in [1.54, 1.807) is 0 Å². The van der Waals surface area contributed by atoms with Gasteiger partial charge in [-0.3, -0.25) is 4.79 Å². The van der Waals surface area contributed by atoms with Crippen LogP contribution in [0.5, 0.6) is 0 Å². The van der Waals surface area contributed by atoms with Gasteiger partial charge in [0.25, 0.3) is 0 Å². The zero-order chi connectivity index (χ0) is 7.90. The lowest BCUT2D eigenvalue weighted by atomic mass is 9.63. The molecule has 2 rings (SSSR count).